The Hall–Kier alpha value is -5.86. The Morgan fingerprint density at radius 2 is 0.704 bits per heavy atom. The third-order valence-electron chi connectivity index (χ3n) is 12.8. The van der Waals surface area contributed by atoms with Gasteiger partial charge in [-0.25, -0.2) is 0 Å². The first-order valence-corrected chi connectivity index (χ1v) is 19.7. The lowest BCUT2D eigenvalue weighted by Crippen LogP contribution is -1.95. The number of para-hydroxylation sites is 2. The van der Waals surface area contributed by atoms with Crippen LogP contribution >= 0.6 is 0 Å². The highest BCUT2D eigenvalue weighted by Crippen LogP contribution is 2.52. The molecule has 0 amide bonds. The van der Waals surface area contributed by atoms with Crippen molar-refractivity contribution in [3.05, 3.63) is 143 Å². The van der Waals surface area contributed by atoms with E-state index in [4.69, 9.17) is 0 Å². The van der Waals surface area contributed by atoms with E-state index in [1.807, 2.05) is 0 Å². The second-order valence-electron chi connectivity index (χ2n) is 16.7. The van der Waals surface area contributed by atoms with Crippen LogP contribution in [0.15, 0.2) is 109 Å². The number of hydrogen-bond acceptors (Lipinski definition) is 0. The molecule has 0 bridgehead atoms. The predicted octanol–water partition coefficient (Wildman–Crippen LogP) is 14.8. The Bertz CT molecular complexity index is 3090. The molecule has 0 fully saturated rings. The molecule has 0 atom stereocenters. The van der Waals surface area contributed by atoms with Crippen LogP contribution in [0.3, 0.4) is 0 Å². The number of aromatic nitrogens is 2. The smallest absolute Gasteiger partial charge is 0.0634 e. The Kier molecular flexibility index (Phi) is 6.36. The fourth-order valence-electron chi connectivity index (χ4n) is 10.5. The molecule has 0 radical (unpaired) electrons. The highest BCUT2D eigenvalue weighted by Gasteiger charge is 2.29. The van der Waals surface area contributed by atoms with Crippen LogP contribution in [-0.4, -0.2) is 8.80 Å². The van der Waals surface area contributed by atoms with Crippen molar-refractivity contribution in [1.82, 2.24) is 8.80 Å². The van der Waals surface area contributed by atoms with Gasteiger partial charge in [-0.3, -0.25) is 0 Å². The molecule has 0 aliphatic heterocycles. The van der Waals surface area contributed by atoms with Gasteiger partial charge in [0.25, 0.3) is 0 Å². The lowest BCUT2D eigenvalue weighted by molar-refractivity contribution is 0.863. The van der Waals surface area contributed by atoms with E-state index in [1.165, 1.54) is 132 Å². The Morgan fingerprint density at radius 1 is 0.370 bits per heavy atom. The van der Waals surface area contributed by atoms with Crippen LogP contribution in [0.1, 0.15) is 72.9 Å². The zero-order valence-corrected chi connectivity index (χ0v) is 32.4. The number of aryl methyl sites for hydroxylation is 4. The number of nitrogens with zero attached hydrogens (tertiary/aromatic N) is 2. The molecule has 0 unspecified atom stereocenters. The summed E-state index contributed by atoms with van der Waals surface area (Å²) in [5, 5.41) is 10.8. The lowest BCUT2D eigenvalue weighted by atomic mass is 9.89. The molecule has 4 heterocycles. The Morgan fingerprint density at radius 3 is 1.07 bits per heavy atom. The molecule has 0 saturated heterocycles. The van der Waals surface area contributed by atoms with Crippen LogP contribution in [-0.2, 0) is 0 Å². The number of rotatable bonds is 4. The van der Waals surface area contributed by atoms with Gasteiger partial charge in [0.05, 0.1) is 33.1 Å². The Balaban J connectivity index is 1.35. The average Bonchev–Trinajstić information content (AvgIpc) is 3.87. The van der Waals surface area contributed by atoms with E-state index >= 15 is 0 Å². The summed E-state index contributed by atoms with van der Waals surface area (Å²) in [6.45, 7) is 18.3. The molecule has 0 aliphatic carbocycles. The van der Waals surface area contributed by atoms with Crippen LogP contribution < -0.4 is 0 Å². The fourth-order valence-corrected chi connectivity index (χ4v) is 10.5. The van der Waals surface area contributed by atoms with Crippen molar-refractivity contribution in [2.45, 2.75) is 67.2 Å². The zero-order valence-electron chi connectivity index (χ0n) is 32.4. The largest absolute Gasteiger partial charge is 0.308 e. The standard InChI is InChI=1S/C52H44N2/c1-27(2)35-21-29(5)45(30(6)22-35)33-17-19-43-39(25-33)49-50-40-26-34(46-31(7)23-36(28(3)4)24-32(46)8)18-20-44(40)54-42-16-12-10-14-38(42)48(52(50)54)47-37-13-9-11-15-41(37)53(43)51(47)49/h9-28H,1-8H3. The maximum absolute atomic E-state index is 2.57. The van der Waals surface area contributed by atoms with Gasteiger partial charge in [-0.1, -0.05) is 100 Å². The van der Waals surface area contributed by atoms with Gasteiger partial charge in [0.2, 0.25) is 0 Å². The third kappa shape index (κ3) is 3.96. The van der Waals surface area contributed by atoms with Crippen molar-refractivity contribution in [3.8, 4) is 22.3 Å². The summed E-state index contributed by atoms with van der Waals surface area (Å²) in [6, 6.07) is 42.2. The summed E-state index contributed by atoms with van der Waals surface area (Å²) in [5.41, 5.74) is 21.2. The summed E-state index contributed by atoms with van der Waals surface area (Å²) in [6.07, 6.45) is 0. The summed E-state index contributed by atoms with van der Waals surface area (Å²) in [5.74, 6) is 0.995. The van der Waals surface area contributed by atoms with Crippen LogP contribution in [0.5, 0.6) is 0 Å². The Labute approximate surface area is 315 Å². The molecule has 4 aromatic heterocycles. The third-order valence-corrected chi connectivity index (χ3v) is 12.8. The second kappa shape index (κ2) is 10.9. The van der Waals surface area contributed by atoms with Crippen molar-refractivity contribution < 1.29 is 0 Å². The van der Waals surface area contributed by atoms with Crippen molar-refractivity contribution >= 4 is 76.2 Å². The van der Waals surface area contributed by atoms with Gasteiger partial charge in [0.15, 0.2) is 0 Å². The minimum atomic E-state index is 0.497. The highest BCUT2D eigenvalue weighted by molar-refractivity contribution is 6.45. The molecule has 2 heteroatoms. The van der Waals surface area contributed by atoms with Crippen molar-refractivity contribution in [3.63, 3.8) is 0 Å². The zero-order chi connectivity index (χ0) is 36.9. The van der Waals surface area contributed by atoms with E-state index in [0.717, 1.165) is 0 Å². The van der Waals surface area contributed by atoms with Crippen molar-refractivity contribution in [2.24, 2.45) is 0 Å². The van der Waals surface area contributed by atoms with Gasteiger partial charge < -0.3 is 8.80 Å². The van der Waals surface area contributed by atoms with Gasteiger partial charge in [-0.15, -0.1) is 0 Å². The number of benzene rings is 7. The van der Waals surface area contributed by atoms with Crippen molar-refractivity contribution in [2.75, 3.05) is 0 Å². The average molecular weight is 697 g/mol. The van der Waals surface area contributed by atoms with E-state index < -0.39 is 0 Å². The van der Waals surface area contributed by atoms with E-state index in [2.05, 4.69) is 173 Å². The molecule has 11 aromatic rings. The van der Waals surface area contributed by atoms with Gasteiger partial charge in [-0.2, -0.15) is 0 Å². The molecule has 0 aliphatic rings. The molecule has 0 spiro atoms. The van der Waals surface area contributed by atoms with Crippen LogP contribution in [0.4, 0.5) is 0 Å². The molecular formula is C52H44N2. The molecule has 262 valence electrons. The summed E-state index contributed by atoms with van der Waals surface area (Å²) in [4.78, 5) is 0. The SMILES string of the molecule is Cc1cc(C(C)C)cc(C)c1-c1ccc2c(c1)c1c3c4cc(-c5c(C)cc(C(C)C)cc5C)ccc4n4c5ccccc5c(c5c6ccccc6n2c51)c34. The quantitative estimate of drug-likeness (QED) is 0.173. The van der Waals surface area contributed by atoms with Crippen LogP contribution in [0.25, 0.3) is 98.4 Å². The normalized spacial score (nSPS) is 12.8. The van der Waals surface area contributed by atoms with E-state index in [9.17, 15) is 0 Å². The topological polar surface area (TPSA) is 8.82 Å². The van der Waals surface area contributed by atoms with E-state index in [1.54, 1.807) is 0 Å². The molecule has 0 saturated carbocycles. The van der Waals surface area contributed by atoms with Crippen LogP contribution in [0, 0.1) is 27.7 Å². The molecule has 2 nitrogen and oxygen atoms in total. The van der Waals surface area contributed by atoms with Gasteiger partial charge in [0.1, 0.15) is 0 Å². The maximum atomic E-state index is 2.57. The molecular weight excluding hydrogens is 653 g/mol. The maximum Gasteiger partial charge on any atom is 0.0634 e. The summed E-state index contributed by atoms with van der Waals surface area (Å²) >= 11 is 0. The van der Waals surface area contributed by atoms with E-state index in [0.29, 0.717) is 11.8 Å². The monoisotopic (exact) mass is 696 g/mol. The second-order valence-corrected chi connectivity index (χ2v) is 16.7. The first kappa shape index (κ1) is 31.6. The van der Waals surface area contributed by atoms with E-state index in [-0.39, 0.29) is 0 Å². The highest BCUT2D eigenvalue weighted by atomic mass is 14.9. The number of fused-ring (bicyclic) bond motifs is 14. The molecule has 7 aromatic carbocycles. The van der Waals surface area contributed by atoms with Gasteiger partial charge in [0, 0.05) is 43.1 Å². The predicted molar refractivity (Wildman–Crippen MR) is 234 cm³/mol. The lowest BCUT2D eigenvalue weighted by Gasteiger charge is -2.15. The molecule has 54 heavy (non-hydrogen) atoms. The summed E-state index contributed by atoms with van der Waals surface area (Å²) in [7, 11) is 0. The minimum Gasteiger partial charge on any atom is -0.308 e. The first-order valence-electron chi connectivity index (χ1n) is 19.7. The van der Waals surface area contributed by atoms with Gasteiger partial charge >= 0.3 is 0 Å². The van der Waals surface area contributed by atoms with Gasteiger partial charge in [-0.05, 0) is 132 Å². The molecule has 11 rings (SSSR count). The molecule has 0 N–H and O–H groups in total. The summed E-state index contributed by atoms with van der Waals surface area (Å²) < 4.78 is 5.15. The first-order chi connectivity index (χ1) is 26.1. The van der Waals surface area contributed by atoms with Crippen molar-refractivity contribution in [1.29, 1.82) is 0 Å². The number of hydrogen-bond donors (Lipinski definition) is 0. The van der Waals surface area contributed by atoms with Crippen LogP contribution in [0.2, 0.25) is 0 Å². The minimum absolute atomic E-state index is 0.497. The fraction of sp³-hybridized carbons (Fsp3) is 0.192.